The zero-order valence-corrected chi connectivity index (χ0v) is 11.3. The lowest BCUT2D eigenvalue weighted by atomic mass is 10.1. The van der Waals surface area contributed by atoms with Gasteiger partial charge in [-0.1, -0.05) is 12.1 Å². The Morgan fingerprint density at radius 3 is 2.40 bits per heavy atom. The van der Waals surface area contributed by atoms with E-state index >= 15 is 0 Å². The van der Waals surface area contributed by atoms with Gasteiger partial charge >= 0.3 is 11.9 Å². The minimum Gasteiger partial charge on any atom is -0.494 e. The van der Waals surface area contributed by atoms with E-state index in [1.54, 1.807) is 0 Å². The van der Waals surface area contributed by atoms with Crippen LogP contribution in [-0.4, -0.2) is 34.8 Å². The van der Waals surface area contributed by atoms with Crippen LogP contribution in [0.15, 0.2) is 24.3 Å². The van der Waals surface area contributed by atoms with Crippen LogP contribution in [0, 0.1) is 0 Å². The lowest BCUT2D eigenvalue weighted by Crippen LogP contribution is -2.36. The summed E-state index contributed by atoms with van der Waals surface area (Å²) in [5.41, 5.74) is 0.912. The van der Waals surface area contributed by atoms with Gasteiger partial charge in [0.05, 0.1) is 6.61 Å². The average Bonchev–Trinajstić information content (AvgIpc) is 2.40. The van der Waals surface area contributed by atoms with Gasteiger partial charge in [-0.15, -0.1) is 0 Å². The van der Waals surface area contributed by atoms with Crippen LogP contribution in [0.2, 0.25) is 0 Å². The van der Waals surface area contributed by atoms with Crippen LogP contribution in [-0.2, 0) is 16.1 Å². The van der Waals surface area contributed by atoms with E-state index in [4.69, 9.17) is 14.9 Å². The first-order valence-electron chi connectivity index (χ1n) is 6.42. The molecular formula is C14H19NO5. The molecule has 0 aliphatic heterocycles. The summed E-state index contributed by atoms with van der Waals surface area (Å²) in [4.78, 5) is 21.5. The van der Waals surface area contributed by atoms with Crippen molar-refractivity contribution in [3.63, 3.8) is 0 Å². The highest BCUT2D eigenvalue weighted by molar-refractivity contribution is 5.75. The van der Waals surface area contributed by atoms with Gasteiger partial charge in [0.15, 0.2) is 0 Å². The number of rotatable bonds is 9. The molecule has 1 unspecified atom stereocenters. The Morgan fingerprint density at radius 2 is 1.90 bits per heavy atom. The molecule has 0 spiro atoms. The Kier molecular flexibility index (Phi) is 6.52. The van der Waals surface area contributed by atoms with Crippen molar-refractivity contribution in [2.45, 2.75) is 32.4 Å². The minimum absolute atomic E-state index is 0.0572. The van der Waals surface area contributed by atoms with Gasteiger partial charge in [-0.2, -0.15) is 0 Å². The van der Waals surface area contributed by atoms with Crippen LogP contribution in [0.5, 0.6) is 5.75 Å². The zero-order valence-electron chi connectivity index (χ0n) is 11.3. The topological polar surface area (TPSA) is 95.9 Å². The van der Waals surface area contributed by atoms with E-state index in [2.05, 4.69) is 5.32 Å². The SMILES string of the molecule is CCOc1ccc(CNC(CCC(=O)O)C(=O)O)cc1. The van der Waals surface area contributed by atoms with Gasteiger partial charge in [-0.05, 0) is 31.0 Å². The van der Waals surface area contributed by atoms with Crippen molar-refractivity contribution in [1.82, 2.24) is 5.32 Å². The van der Waals surface area contributed by atoms with Crippen molar-refractivity contribution < 1.29 is 24.5 Å². The van der Waals surface area contributed by atoms with Gasteiger partial charge in [0.25, 0.3) is 0 Å². The quantitative estimate of drug-likeness (QED) is 0.634. The van der Waals surface area contributed by atoms with Crippen molar-refractivity contribution >= 4 is 11.9 Å². The number of hydrogen-bond donors (Lipinski definition) is 3. The molecule has 0 bridgehead atoms. The first-order chi connectivity index (χ1) is 9.52. The highest BCUT2D eigenvalue weighted by Gasteiger charge is 2.17. The molecule has 1 atom stereocenters. The number of ether oxygens (including phenoxy) is 1. The van der Waals surface area contributed by atoms with Gasteiger partial charge in [0.2, 0.25) is 0 Å². The summed E-state index contributed by atoms with van der Waals surface area (Å²) in [5, 5.41) is 20.4. The predicted octanol–water partition coefficient (Wildman–Crippen LogP) is 1.49. The molecule has 110 valence electrons. The van der Waals surface area contributed by atoms with E-state index in [9.17, 15) is 9.59 Å². The number of carboxylic acids is 2. The lowest BCUT2D eigenvalue weighted by Gasteiger charge is -2.13. The lowest BCUT2D eigenvalue weighted by molar-refractivity contribution is -0.140. The summed E-state index contributed by atoms with van der Waals surface area (Å²) in [7, 11) is 0. The maximum absolute atomic E-state index is 11.0. The van der Waals surface area contributed by atoms with Crippen molar-refractivity contribution in [2.75, 3.05) is 6.61 Å². The molecule has 0 aliphatic rings. The Hall–Kier alpha value is -2.08. The Balaban J connectivity index is 2.49. The highest BCUT2D eigenvalue weighted by Crippen LogP contribution is 2.12. The summed E-state index contributed by atoms with van der Waals surface area (Å²) >= 11 is 0. The van der Waals surface area contributed by atoms with Crippen LogP contribution in [0.1, 0.15) is 25.3 Å². The fourth-order valence-corrected chi connectivity index (χ4v) is 1.69. The Bertz CT molecular complexity index is 443. The predicted molar refractivity (Wildman–Crippen MR) is 72.7 cm³/mol. The maximum Gasteiger partial charge on any atom is 0.320 e. The molecule has 0 saturated heterocycles. The van der Waals surface area contributed by atoms with E-state index in [0.717, 1.165) is 11.3 Å². The standard InChI is InChI=1S/C14H19NO5/c1-2-20-11-5-3-10(4-6-11)9-15-12(14(18)19)7-8-13(16)17/h3-6,12,15H,2,7-9H2,1H3,(H,16,17)(H,18,19). The van der Waals surface area contributed by atoms with E-state index < -0.39 is 18.0 Å². The fraction of sp³-hybridized carbons (Fsp3) is 0.429. The van der Waals surface area contributed by atoms with Crippen LogP contribution >= 0.6 is 0 Å². The number of nitrogens with one attached hydrogen (secondary N) is 1. The monoisotopic (exact) mass is 281 g/mol. The van der Waals surface area contributed by atoms with E-state index in [-0.39, 0.29) is 12.8 Å². The van der Waals surface area contributed by atoms with Crippen molar-refractivity contribution in [3.8, 4) is 5.75 Å². The second-order valence-corrected chi connectivity index (χ2v) is 4.28. The van der Waals surface area contributed by atoms with Crippen LogP contribution < -0.4 is 10.1 Å². The molecule has 1 rings (SSSR count). The summed E-state index contributed by atoms with van der Waals surface area (Å²) in [5.74, 6) is -1.28. The molecule has 6 heteroatoms. The first kappa shape index (κ1) is 16.0. The number of aliphatic carboxylic acids is 2. The van der Waals surface area contributed by atoms with Gasteiger partial charge in [0.1, 0.15) is 11.8 Å². The summed E-state index contributed by atoms with van der Waals surface area (Å²) in [6, 6.07) is 6.45. The minimum atomic E-state index is -1.04. The zero-order chi connectivity index (χ0) is 15.0. The molecule has 3 N–H and O–H groups in total. The van der Waals surface area contributed by atoms with Gasteiger partial charge in [-0.25, -0.2) is 0 Å². The second-order valence-electron chi connectivity index (χ2n) is 4.28. The molecule has 0 aliphatic carbocycles. The van der Waals surface area contributed by atoms with Crippen molar-refractivity contribution in [1.29, 1.82) is 0 Å². The molecule has 0 saturated carbocycles. The third-order valence-corrected chi connectivity index (χ3v) is 2.73. The number of benzene rings is 1. The molecule has 0 radical (unpaired) electrons. The number of carboxylic acid groups (broad SMARTS) is 2. The molecule has 1 aromatic carbocycles. The first-order valence-corrected chi connectivity index (χ1v) is 6.42. The van der Waals surface area contributed by atoms with Crippen LogP contribution in [0.4, 0.5) is 0 Å². The van der Waals surface area contributed by atoms with E-state index in [1.165, 1.54) is 0 Å². The fourth-order valence-electron chi connectivity index (χ4n) is 1.69. The normalized spacial score (nSPS) is 11.8. The maximum atomic E-state index is 11.0. The van der Waals surface area contributed by atoms with E-state index in [1.807, 2.05) is 31.2 Å². The molecule has 0 amide bonds. The number of carbonyl (C=O) groups is 2. The molecule has 6 nitrogen and oxygen atoms in total. The molecule has 1 aromatic rings. The highest BCUT2D eigenvalue weighted by atomic mass is 16.5. The molecule has 0 heterocycles. The Morgan fingerprint density at radius 1 is 1.25 bits per heavy atom. The Labute approximate surface area is 117 Å². The van der Waals surface area contributed by atoms with E-state index in [0.29, 0.717) is 13.2 Å². The summed E-state index contributed by atoms with van der Waals surface area (Å²) in [6.45, 7) is 2.85. The van der Waals surface area contributed by atoms with Crippen molar-refractivity contribution in [3.05, 3.63) is 29.8 Å². The van der Waals surface area contributed by atoms with Gasteiger partial charge < -0.3 is 20.3 Å². The smallest absolute Gasteiger partial charge is 0.320 e. The van der Waals surface area contributed by atoms with Crippen LogP contribution in [0.3, 0.4) is 0 Å². The largest absolute Gasteiger partial charge is 0.494 e. The number of hydrogen-bond acceptors (Lipinski definition) is 4. The van der Waals surface area contributed by atoms with Crippen LogP contribution in [0.25, 0.3) is 0 Å². The van der Waals surface area contributed by atoms with Gasteiger partial charge in [0, 0.05) is 13.0 Å². The molecule has 20 heavy (non-hydrogen) atoms. The third-order valence-electron chi connectivity index (χ3n) is 2.73. The summed E-state index contributed by atoms with van der Waals surface area (Å²) < 4.78 is 5.31. The molecular weight excluding hydrogens is 262 g/mol. The summed E-state index contributed by atoms with van der Waals surface area (Å²) in [6.07, 6.45) is -0.116. The van der Waals surface area contributed by atoms with Gasteiger partial charge in [-0.3, -0.25) is 9.59 Å². The molecule has 0 aromatic heterocycles. The molecule has 0 fully saturated rings. The third kappa shape index (κ3) is 5.71. The second kappa shape index (κ2) is 8.16. The van der Waals surface area contributed by atoms with Crippen molar-refractivity contribution in [2.24, 2.45) is 0 Å². The average molecular weight is 281 g/mol.